The molecule has 1 aromatic carbocycles. The van der Waals surface area contributed by atoms with Crippen molar-refractivity contribution in [3.63, 3.8) is 0 Å². The second-order valence-electron chi connectivity index (χ2n) is 7.80. The van der Waals surface area contributed by atoms with E-state index in [-0.39, 0.29) is 12.2 Å². The van der Waals surface area contributed by atoms with Gasteiger partial charge >= 0.3 is 5.97 Å². The van der Waals surface area contributed by atoms with Gasteiger partial charge in [-0.1, -0.05) is 22.8 Å². The molecular weight excluding hydrogens is 466 g/mol. The fourth-order valence-electron chi connectivity index (χ4n) is 3.67. The van der Waals surface area contributed by atoms with Gasteiger partial charge in [-0.05, 0) is 68.3 Å². The Kier molecular flexibility index (Phi) is 7.38. The van der Waals surface area contributed by atoms with Crippen LogP contribution in [0.1, 0.15) is 29.3 Å². The first kappa shape index (κ1) is 23.9. The van der Waals surface area contributed by atoms with Crippen molar-refractivity contribution < 1.29 is 14.1 Å². The van der Waals surface area contributed by atoms with Crippen molar-refractivity contribution in [2.75, 3.05) is 6.61 Å². The molecule has 0 amide bonds. The number of aryl methyl sites for hydroxylation is 2. The summed E-state index contributed by atoms with van der Waals surface area (Å²) in [4.78, 5) is 20.9. The first-order valence-electron chi connectivity index (χ1n) is 10.9. The smallest absolute Gasteiger partial charge is 0.348 e. The number of nitriles is 1. The molecule has 0 spiro atoms. The number of esters is 1. The lowest BCUT2D eigenvalue weighted by molar-refractivity contribution is -0.138. The Labute approximate surface area is 207 Å². The zero-order valence-electron chi connectivity index (χ0n) is 19.2. The number of rotatable bonds is 8. The molecule has 176 valence electrons. The molecule has 0 saturated heterocycles. The molecule has 3 heterocycles. The monoisotopic (exact) mass is 487 g/mol. The summed E-state index contributed by atoms with van der Waals surface area (Å²) in [5, 5.41) is 14.1. The summed E-state index contributed by atoms with van der Waals surface area (Å²) >= 11 is 6.14. The van der Waals surface area contributed by atoms with Gasteiger partial charge in [0, 0.05) is 46.5 Å². The molecular formula is C26H22ClN5O3. The number of halogens is 1. The fourth-order valence-corrected chi connectivity index (χ4v) is 3.86. The van der Waals surface area contributed by atoms with E-state index in [0.717, 1.165) is 28.2 Å². The minimum Gasteiger partial charge on any atom is -0.462 e. The second-order valence-corrected chi connectivity index (χ2v) is 8.24. The number of hydrogen-bond donors (Lipinski definition) is 0. The van der Waals surface area contributed by atoms with Crippen molar-refractivity contribution in [2.45, 2.75) is 26.7 Å². The van der Waals surface area contributed by atoms with Gasteiger partial charge in [-0.2, -0.15) is 10.2 Å². The SMILES string of the molecule is Cc1cc(/C=C(/C#N)C(=O)OCCCc2nc(-c3cccnc3)no2)c(C)n1-c1cccc(Cl)c1. The first-order chi connectivity index (χ1) is 17.0. The number of pyridine rings is 1. The third-order valence-corrected chi connectivity index (χ3v) is 5.57. The lowest BCUT2D eigenvalue weighted by Gasteiger charge is -2.10. The zero-order valence-corrected chi connectivity index (χ0v) is 20.0. The maximum absolute atomic E-state index is 12.5. The van der Waals surface area contributed by atoms with Crippen molar-refractivity contribution in [3.8, 4) is 23.1 Å². The Morgan fingerprint density at radius 2 is 2.11 bits per heavy atom. The van der Waals surface area contributed by atoms with Gasteiger partial charge in [0.15, 0.2) is 0 Å². The van der Waals surface area contributed by atoms with Gasteiger partial charge < -0.3 is 13.8 Å². The Morgan fingerprint density at radius 1 is 1.26 bits per heavy atom. The normalized spacial score (nSPS) is 11.3. The van der Waals surface area contributed by atoms with Gasteiger partial charge in [-0.3, -0.25) is 4.98 Å². The van der Waals surface area contributed by atoms with Crippen LogP contribution in [0, 0.1) is 25.2 Å². The minimum absolute atomic E-state index is 0.0759. The molecule has 0 atom stereocenters. The molecule has 4 aromatic rings. The number of carbonyl (C=O) groups is 1. The Bertz CT molecular complexity index is 1420. The molecule has 0 N–H and O–H groups in total. The quantitative estimate of drug-likeness (QED) is 0.144. The van der Waals surface area contributed by atoms with Gasteiger partial charge in [0.25, 0.3) is 0 Å². The van der Waals surface area contributed by atoms with Crippen LogP contribution >= 0.6 is 11.6 Å². The van der Waals surface area contributed by atoms with Crippen molar-refractivity contribution in [3.05, 3.63) is 88.3 Å². The molecule has 0 aliphatic heterocycles. The third-order valence-electron chi connectivity index (χ3n) is 5.33. The van der Waals surface area contributed by atoms with E-state index in [1.54, 1.807) is 24.5 Å². The number of ether oxygens (including phenoxy) is 1. The zero-order chi connectivity index (χ0) is 24.8. The number of benzene rings is 1. The van der Waals surface area contributed by atoms with Crippen LogP contribution in [0.2, 0.25) is 5.02 Å². The van der Waals surface area contributed by atoms with Gasteiger partial charge in [0.1, 0.15) is 11.6 Å². The van der Waals surface area contributed by atoms with Gasteiger partial charge in [0.2, 0.25) is 11.7 Å². The highest BCUT2D eigenvalue weighted by Crippen LogP contribution is 2.24. The van der Waals surface area contributed by atoms with Crippen molar-refractivity contribution in [2.24, 2.45) is 0 Å². The van der Waals surface area contributed by atoms with Gasteiger partial charge in [0.05, 0.1) is 6.61 Å². The Morgan fingerprint density at radius 3 is 2.86 bits per heavy atom. The summed E-state index contributed by atoms with van der Waals surface area (Å²) in [7, 11) is 0. The van der Waals surface area contributed by atoms with Crippen LogP contribution in [-0.2, 0) is 16.0 Å². The number of hydrogen-bond acceptors (Lipinski definition) is 7. The van der Waals surface area contributed by atoms with E-state index < -0.39 is 5.97 Å². The van der Waals surface area contributed by atoms with E-state index in [9.17, 15) is 10.1 Å². The van der Waals surface area contributed by atoms with E-state index in [1.807, 2.05) is 60.9 Å². The molecule has 9 heteroatoms. The van der Waals surface area contributed by atoms with Crippen LogP contribution in [0.25, 0.3) is 23.2 Å². The summed E-state index contributed by atoms with van der Waals surface area (Å²) in [6.07, 6.45) is 5.78. The predicted molar refractivity (Wildman–Crippen MR) is 131 cm³/mol. The van der Waals surface area contributed by atoms with Crippen LogP contribution < -0.4 is 0 Å². The molecule has 0 bridgehead atoms. The van der Waals surface area contributed by atoms with Crippen molar-refractivity contribution in [1.29, 1.82) is 5.26 Å². The van der Waals surface area contributed by atoms with E-state index >= 15 is 0 Å². The Balaban J connectivity index is 1.37. The molecule has 0 aliphatic rings. The number of nitrogens with zero attached hydrogens (tertiary/aromatic N) is 5. The highest BCUT2D eigenvalue weighted by atomic mass is 35.5. The summed E-state index contributed by atoms with van der Waals surface area (Å²) in [5.41, 5.74) is 4.17. The predicted octanol–water partition coefficient (Wildman–Crippen LogP) is 5.28. The van der Waals surface area contributed by atoms with Crippen LogP contribution in [0.4, 0.5) is 0 Å². The van der Waals surface area contributed by atoms with Gasteiger partial charge in [-0.15, -0.1) is 0 Å². The molecule has 3 aromatic heterocycles. The maximum Gasteiger partial charge on any atom is 0.348 e. The maximum atomic E-state index is 12.5. The van der Waals surface area contributed by atoms with Crippen LogP contribution in [0.3, 0.4) is 0 Å². The molecule has 4 rings (SSSR count). The van der Waals surface area contributed by atoms with Crippen LogP contribution in [0.15, 0.2) is 65.0 Å². The topological polar surface area (TPSA) is 107 Å². The first-order valence-corrected chi connectivity index (χ1v) is 11.3. The summed E-state index contributed by atoms with van der Waals surface area (Å²) in [6.45, 7) is 3.99. The molecule has 0 fully saturated rings. The highest BCUT2D eigenvalue weighted by Gasteiger charge is 2.15. The third kappa shape index (κ3) is 5.65. The van der Waals surface area contributed by atoms with Crippen molar-refractivity contribution in [1.82, 2.24) is 19.7 Å². The van der Waals surface area contributed by atoms with Crippen molar-refractivity contribution >= 4 is 23.6 Å². The van der Waals surface area contributed by atoms with Gasteiger partial charge in [-0.25, -0.2) is 4.79 Å². The van der Waals surface area contributed by atoms with Crippen LogP contribution in [-0.4, -0.2) is 32.3 Å². The fraction of sp³-hybridized carbons (Fsp3) is 0.192. The molecule has 0 radical (unpaired) electrons. The van der Waals surface area contributed by atoms with E-state index in [2.05, 4.69) is 15.1 Å². The highest BCUT2D eigenvalue weighted by molar-refractivity contribution is 6.30. The second kappa shape index (κ2) is 10.8. The average Bonchev–Trinajstić information content (AvgIpc) is 3.44. The standard InChI is InChI=1S/C26H22ClN5O3/c1-17-12-20(18(2)32(17)23-8-3-7-22(27)14-23)13-21(15-28)26(33)34-11-5-9-24-30-25(31-35-24)19-6-4-10-29-16-19/h3-4,6-8,10,12-14,16H,5,9,11H2,1-2H3/b21-13-. The summed E-state index contributed by atoms with van der Waals surface area (Å²) in [5.74, 6) is 0.209. The van der Waals surface area contributed by atoms with E-state index in [0.29, 0.717) is 29.6 Å². The van der Waals surface area contributed by atoms with Crippen LogP contribution in [0.5, 0.6) is 0 Å². The molecule has 0 aliphatic carbocycles. The summed E-state index contributed by atoms with van der Waals surface area (Å²) < 4.78 is 12.6. The van der Waals surface area contributed by atoms with E-state index in [4.69, 9.17) is 20.9 Å². The lowest BCUT2D eigenvalue weighted by atomic mass is 10.1. The minimum atomic E-state index is -0.679. The average molecular weight is 488 g/mol. The lowest BCUT2D eigenvalue weighted by Crippen LogP contribution is -2.08. The number of carbonyl (C=O) groups excluding carboxylic acids is 1. The Hall–Kier alpha value is -4.22. The largest absolute Gasteiger partial charge is 0.462 e. The molecule has 0 saturated carbocycles. The molecule has 0 unspecified atom stereocenters. The van der Waals surface area contributed by atoms with E-state index in [1.165, 1.54) is 0 Å². The summed E-state index contributed by atoms with van der Waals surface area (Å²) in [6, 6.07) is 15.0. The molecule has 35 heavy (non-hydrogen) atoms. The number of aromatic nitrogens is 4. The molecule has 8 nitrogen and oxygen atoms in total.